The number of carbonyl (C=O) groups is 3. The number of aromatic nitrogens is 1. The third kappa shape index (κ3) is 4.98. The molecule has 4 rings (SSSR count). The summed E-state index contributed by atoms with van der Waals surface area (Å²) in [5.41, 5.74) is 2.11. The van der Waals surface area contributed by atoms with E-state index in [0.29, 0.717) is 41.3 Å². The van der Waals surface area contributed by atoms with E-state index in [-0.39, 0.29) is 23.7 Å². The highest BCUT2D eigenvalue weighted by molar-refractivity contribution is 6.51. The highest BCUT2D eigenvalue weighted by atomic mass is 16.5. The van der Waals surface area contributed by atoms with Crippen molar-refractivity contribution in [1.82, 2.24) is 4.98 Å². The molecule has 0 radical (unpaired) electrons. The lowest BCUT2D eigenvalue weighted by Crippen LogP contribution is -2.29. The summed E-state index contributed by atoms with van der Waals surface area (Å²) in [6.45, 7) is 4.32. The van der Waals surface area contributed by atoms with Crippen LogP contribution in [0.25, 0.3) is 5.76 Å². The number of benzene rings is 2. The second-order valence-corrected chi connectivity index (χ2v) is 8.06. The number of Topliss-reactive ketones (excluding diaryl/α,β-unsaturated/α-hetero) is 1. The van der Waals surface area contributed by atoms with E-state index in [4.69, 9.17) is 9.47 Å². The number of nitrogens with zero attached hydrogens (tertiary/aromatic N) is 2. The highest BCUT2D eigenvalue weighted by Gasteiger charge is 2.47. The van der Waals surface area contributed by atoms with Crippen LogP contribution in [0.15, 0.2) is 78.6 Å². The normalized spacial score (nSPS) is 16.7. The third-order valence-corrected chi connectivity index (χ3v) is 5.75. The minimum absolute atomic E-state index is 0.0320. The minimum Gasteiger partial charge on any atom is -0.507 e. The largest absolute Gasteiger partial charge is 0.507 e. The zero-order valence-electron chi connectivity index (χ0n) is 20.0. The number of aliphatic hydroxyl groups is 1. The quantitative estimate of drug-likeness (QED) is 0.220. The van der Waals surface area contributed by atoms with Gasteiger partial charge in [0.1, 0.15) is 11.5 Å². The van der Waals surface area contributed by atoms with E-state index in [0.717, 1.165) is 0 Å². The molecule has 0 bridgehead atoms. The molecule has 0 saturated carbocycles. The molecule has 1 amide bonds. The predicted octanol–water partition coefficient (Wildman–Crippen LogP) is 4.21. The third-order valence-electron chi connectivity index (χ3n) is 5.75. The summed E-state index contributed by atoms with van der Waals surface area (Å²) in [4.78, 5) is 43.7. The number of pyridine rings is 1. The molecule has 3 aromatic rings. The first-order chi connectivity index (χ1) is 17.4. The van der Waals surface area contributed by atoms with E-state index in [1.165, 1.54) is 4.90 Å². The number of aliphatic hydroxyl groups excluding tert-OH is 1. The topological polar surface area (TPSA) is 106 Å². The lowest BCUT2D eigenvalue weighted by molar-refractivity contribution is -0.142. The van der Waals surface area contributed by atoms with Crippen LogP contribution in [-0.4, -0.2) is 41.0 Å². The van der Waals surface area contributed by atoms with Crippen LogP contribution in [0.3, 0.4) is 0 Å². The summed E-state index contributed by atoms with van der Waals surface area (Å²) < 4.78 is 10.5. The first-order valence-corrected chi connectivity index (χ1v) is 11.6. The van der Waals surface area contributed by atoms with Gasteiger partial charge in [0.15, 0.2) is 0 Å². The average molecular weight is 487 g/mol. The number of ketones is 1. The number of anilines is 1. The van der Waals surface area contributed by atoms with Crippen LogP contribution in [-0.2, 0) is 25.5 Å². The second-order valence-electron chi connectivity index (χ2n) is 8.06. The van der Waals surface area contributed by atoms with Gasteiger partial charge in [0.2, 0.25) is 0 Å². The number of carbonyl (C=O) groups excluding carboxylic acids is 3. The molecule has 1 unspecified atom stereocenters. The maximum atomic E-state index is 13.3. The van der Waals surface area contributed by atoms with E-state index < -0.39 is 17.7 Å². The molecule has 1 aromatic heterocycles. The van der Waals surface area contributed by atoms with Gasteiger partial charge >= 0.3 is 5.97 Å². The lowest BCUT2D eigenvalue weighted by atomic mass is 9.95. The summed E-state index contributed by atoms with van der Waals surface area (Å²) >= 11 is 0. The van der Waals surface area contributed by atoms with Crippen molar-refractivity contribution >= 4 is 29.1 Å². The van der Waals surface area contributed by atoms with Crippen molar-refractivity contribution in [3.05, 3.63) is 95.3 Å². The predicted molar refractivity (Wildman–Crippen MR) is 133 cm³/mol. The molecule has 0 spiro atoms. The zero-order valence-corrected chi connectivity index (χ0v) is 20.0. The Kier molecular flexibility index (Phi) is 7.44. The molecule has 36 heavy (non-hydrogen) atoms. The number of hydrogen-bond donors (Lipinski definition) is 1. The molecule has 1 atom stereocenters. The smallest absolute Gasteiger partial charge is 0.310 e. The van der Waals surface area contributed by atoms with Gasteiger partial charge in [0.05, 0.1) is 31.2 Å². The Hall–Kier alpha value is -4.46. The van der Waals surface area contributed by atoms with Gasteiger partial charge in [-0.2, -0.15) is 0 Å². The summed E-state index contributed by atoms with van der Waals surface area (Å²) in [5.74, 6) is -1.67. The molecular weight excluding hydrogens is 460 g/mol. The molecule has 1 saturated heterocycles. The number of hydrogen-bond acceptors (Lipinski definition) is 7. The van der Waals surface area contributed by atoms with Crippen molar-refractivity contribution in [3.8, 4) is 5.75 Å². The first-order valence-electron chi connectivity index (χ1n) is 11.6. The fourth-order valence-corrected chi connectivity index (χ4v) is 4.17. The Morgan fingerprint density at radius 1 is 1.00 bits per heavy atom. The summed E-state index contributed by atoms with van der Waals surface area (Å²) in [6.07, 6.45) is 3.22. The van der Waals surface area contributed by atoms with Crippen LogP contribution >= 0.6 is 0 Å². The molecule has 1 aliphatic rings. The second kappa shape index (κ2) is 10.9. The van der Waals surface area contributed by atoms with Crippen LogP contribution in [0.1, 0.15) is 36.6 Å². The van der Waals surface area contributed by atoms with Crippen LogP contribution < -0.4 is 9.64 Å². The van der Waals surface area contributed by atoms with Gasteiger partial charge in [-0.3, -0.25) is 24.3 Å². The van der Waals surface area contributed by atoms with Crippen molar-refractivity contribution in [2.45, 2.75) is 26.3 Å². The molecule has 2 heterocycles. The van der Waals surface area contributed by atoms with Gasteiger partial charge in [0, 0.05) is 23.6 Å². The molecule has 8 nitrogen and oxygen atoms in total. The number of ether oxygens (including phenoxy) is 2. The fraction of sp³-hybridized carbons (Fsp3) is 0.214. The molecule has 0 aliphatic carbocycles. The van der Waals surface area contributed by atoms with Crippen LogP contribution in [0.4, 0.5) is 5.69 Å². The molecule has 2 aromatic carbocycles. The monoisotopic (exact) mass is 486 g/mol. The zero-order chi connectivity index (χ0) is 25.7. The van der Waals surface area contributed by atoms with Gasteiger partial charge in [-0.25, -0.2) is 0 Å². The van der Waals surface area contributed by atoms with Crippen molar-refractivity contribution in [3.63, 3.8) is 0 Å². The fourth-order valence-electron chi connectivity index (χ4n) is 4.17. The van der Waals surface area contributed by atoms with Crippen LogP contribution in [0.2, 0.25) is 0 Å². The molecule has 8 heteroatoms. The van der Waals surface area contributed by atoms with Crippen molar-refractivity contribution < 1.29 is 29.0 Å². The Morgan fingerprint density at radius 3 is 2.39 bits per heavy atom. The van der Waals surface area contributed by atoms with E-state index >= 15 is 0 Å². The van der Waals surface area contributed by atoms with Gasteiger partial charge in [-0.15, -0.1) is 0 Å². The maximum Gasteiger partial charge on any atom is 0.310 e. The Bertz CT molecular complexity index is 1300. The number of esters is 1. The average Bonchev–Trinajstić information content (AvgIpc) is 3.15. The van der Waals surface area contributed by atoms with Crippen molar-refractivity contribution in [2.24, 2.45) is 0 Å². The molecule has 1 fully saturated rings. The Labute approximate surface area is 208 Å². The summed E-state index contributed by atoms with van der Waals surface area (Å²) in [7, 11) is 0. The van der Waals surface area contributed by atoms with E-state index in [1.807, 2.05) is 6.92 Å². The van der Waals surface area contributed by atoms with Gasteiger partial charge < -0.3 is 14.6 Å². The first kappa shape index (κ1) is 24.7. The Balaban J connectivity index is 1.79. The lowest BCUT2D eigenvalue weighted by Gasteiger charge is -2.25. The highest BCUT2D eigenvalue weighted by Crippen LogP contribution is 2.42. The number of rotatable bonds is 8. The number of amides is 1. The standard InChI is InChI=1S/C28H26N2O6/c1-3-35-22-7-5-6-20(17-22)26(32)24-25(19-12-14-29-15-13-19)30(28(34)27(24)33)21-10-8-18(9-11-21)16-23(31)36-4-2/h5-15,17,25,32H,3-4,16H2,1-2H3/b26-24-. The van der Waals surface area contributed by atoms with E-state index in [1.54, 1.807) is 80.0 Å². The maximum absolute atomic E-state index is 13.3. The summed E-state index contributed by atoms with van der Waals surface area (Å²) in [6, 6.07) is 16.0. The van der Waals surface area contributed by atoms with Crippen LogP contribution in [0.5, 0.6) is 5.75 Å². The van der Waals surface area contributed by atoms with Crippen molar-refractivity contribution in [1.29, 1.82) is 0 Å². The molecular formula is C28H26N2O6. The van der Waals surface area contributed by atoms with E-state index in [9.17, 15) is 19.5 Å². The Morgan fingerprint density at radius 2 is 1.72 bits per heavy atom. The SMILES string of the molecule is CCOC(=O)Cc1ccc(N2C(=O)C(=O)/C(=C(\O)c3cccc(OCC)c3)C2c2ccncc2)cc1. The van der Waals surface area contributed by atoms with Crippen LogP contribution in [0, 0.1) is 0 Å². The summed E-state index contributed by atoms with van der Waals surface area (Å²) in [5, 5.41) is 11.2. The van der Waals surface area contributed by atoms with Gasteiger partial charge in [-0.1, -0.05) is 24.3 Å². The van der Waals surface area contributed by atoms with E-state index in [2.05, 4.69) is 4.98 Å². The van der Waals surface area contributed by atoms with Crippen molar-refractivity contribution in [2.75, 3.05) is 18.1 Å². The van der Waals surface area contributed by atoms with Gasteiger partial charge in [0.25, 0.3) is 11.7 Å². The van der Waals surface area contributed by atoms with Gasteiger partial charge in [-0.05, 0) is 61.4 Å². The molecule has 1 aliphatic heterocycles. The molecule has 184 valence electrons. The molecule has 1 N–H and O–H groups in total. The minimum atomic E-state index is -0.875.